The fourth-order valence-electron chi connectivity index (χ4n) is 2.74. The minimum absolute atomic E-state index is 0.157. The van der Waals surface area contributed by atoms with Crippen molar-refractivity contribution in [3.05, 3.63) is 52.9 Å². The molecule has 1 N–H and O–H groups in total. The van der Waals surface area contributed by atoms with Crippen molar-refractivity contribution in [3.8, 4) is 6.07 Å². The lowest BCUT2D eigenvalue weighted by Crippen LogP contribution is -2.41. The molecule has 3 rings (SSSR count). The van der Waals surface area contributed by atoms with Gasteiger partial charge in [-0.15, -0.1) is 0 Å². The summed E-state index contributed by atoms with van der Waals surface area (Å²) in [6.07, 6.45) is 3.04. The van der Waals surface area contributed by atoms with Gasteiger partial charge in [-0.05, 0) is 17.7 Å². The minimum Gasteiger partial charge on any atom is -0.379 e. The molecule has 0 bridgehead atoms. The summed E-state index contributed by atoms with van der Waals surface area (Å²) in [7, 11) is 0. The first-order chi connectivity index (χ1) is 11.8. The van der Waals surface area contributed by atoms with Crippen LogP contribution in [-0.4, -0.2) is 47.7 Å². The van der Waals surface area contributed by atoms with Gasteiger partial charge in [0.2, 0.25) is 0 Å². The highest BCUT2D eigenvalue weighted by molar-refractivity contribution is 6.30. The molecule has 1 fully saturated rings. The van der Waals surface area contributed by atoms with Crippen molar-refractivity contribution in [1.29, 1.82) is 5.26 Å². The molecular formula is C17H18ClN5O. The van der Waals surface area contributed by atoms with Crippen LogP contribution in [0.2, 0.25) is 5.02 Å². The molecule has 0 aliphatic carbocycles. The lowest BCUT2D eigenvalue weighted by molar-refractivity contribution is 0.0187. The van der Waals surface area contributed by atoms with Crippen LogP contribution < -0.4 is 5.32 Å². The first-order valence-corrected chi connectivity index (χ1v) is 8.17. The van der Waals surface area contributed by atoms with E-state index < -0.39 is 0 Å². The van der Waals surface area contributed by atoms with Gasteiger partial charge in [-0.25, -0.2) is 9.97 Å². The number of hydrogen-bond acceptors (Lipinski definition) is 6. The van der Waals surface area contributed by atoms with Crippen molar-refractivity contribution >= 4 is 17.4 Å². The lowest BCUT2D eigenvalue weighted by Gasteiger charge is -2.35. The van der Waals surface area contributed by atoms with Gasteiger partial charge in [0, 0.05) is 24.7 Å². The van der Waals surface area contributed by atoms with Gasteiger partial charge >= 0.3 is 0 Å². The lowest BCUT2D eigenvalue weighted by atomic mass is 10.0. The SMILES string of the molecule is N#Cc1cnc(NC[C@@H](c2cccc(Cl)c2)N2CCOCC2)cn1. The van der Waals surface area contributed by atoms with E-state index in [1.54, 1.807) is 6.20 Å². The van der Waals surface area contributed by atoms with Gasteiger partial charge in [-0.1, -0.05) is 23.7 Å². The average molecular weight is 344 g/mol. The molecule has 24 heavy (non-hydrogen) atoms. The van der Waals surface area contributed by atoms with Gasteiger partial charge in [0.05, 0.1) is 31.6 Å². The Balaban J connectivity index is 1.75. The highest BCUT2D eigenvalue weighted by Gasteiger charge is 2.22. The Bertz CT molecular complexity index is 710. The number of rotatable bonds is 5. The van der Waals surface area contributed by atoms with E-state index in [-0.39, 0.29) is 6.04 Å². The monoisotopic (exact) mass is 343 g/mol. The number of anilines is 1. The molecule has 0 amide bonds. The third-order valence-electron chi connectivity index (χ3n) is 3.96. The van der Waals surface area contributed by atoms with Gasteiger partial charge in [0.15, 0.2) is 5.69 Å². The first-order valence-electron chi connectivity index (χ1n) is 7.79. The number of hydrogen-bond donors (Lipinski definition) is 1. The summed E-state index contributed by atoms with van der Waals surface area (Å²) in [6.45, 7) is 3.87. The van der Waals surface area contributed by atoms with E-state index >= 15 is 0 Å². The van der Waals surface area contributed by atoms with Crippen LogP contribution in [0.5, 0.6) is 0 Å². The van der Waals surface area contributed by atoms with Gasteiger partial charge in [0.1, 0.15) is 11.9 Å². The first kappa shape index (κ1) is 16.7. The van der Waals surface area contributed by atoms with E-state index in [0.29, 0.717) is 18.1 Å². The van der Waals surface area contributed by atoms with Crippen LogP contribution in [0.4, 0.5) is 5.82 Å². The topological polar surface area (TPSA) is 74.1 Å². The molecule has 7 heteroatoms. The number of nitrogens with one attached hydrogen (secondary N) is 1. The molecule has 1 aliphatic heterocycles. The van der Waals surface area contributed by atoms with E-state index in [4.69, 9.17) is 21.6 Å². The molecule has 2 aromatic rings. The number of nitrogens with zero attached hydrogens (tertiary/aromatic N) is 4. The molecule has 0 unspecified atom stereocenters. The summed E-state index contributed by atoms with van der Waals surface area (Å²) in [5, 5.41) is 12.8. The van der Waals surface area contributed by atoms with Crippen LogP contribution >= 0.6 is 11.6 Å². The zero-order valence-corrected chi connectivity index (χ0v) is 13.9. The van der Waals surface area contributed by atoms with Gasteiger partial charge in [0.25, 0.3) is 0 Å². The van der Waals surface area contributed by atoms with Crippen LogP contribution in [0.15, 0.2) is 36.7 Å². The molecule has 1 aromatic carbocycles. The summed E-state index contributed by atoms with van der Waals surface area (Å²) in [4.78, 5) is 10.6. The molecule has 2 heterocycles. The van der Waals surface area contributed by atoms with E-state index in [9.17, 15) is 0 Å². The highest BCUT2D eigenvalue weighted by Crippen LogP contribution is 2.24. The van der Waals surface area contributed by atoms with Crippen LogP contribution in [0, 0.1) is 11.3 Å². The molecule has 1 atom stereocenters. The fraction of sp³-hybridized carbons (Fsp3) is 0.353. The standard InChI is InChI=1S/C17H18ClN5O/c18-14-3-1-2-13(8-14)16(23-4-6-24-7-5-23)11-22-17-12-20-15(9-19)10-21-17/h1-3,8,10,12,16H,4-7,11H2,(H,21,22)/t16-/m0/s1. The quantitative estimate of drug-likeness (QED) is 0.899. The van der Waals surface area contributed by atoms with Crippen molar-refractivity contribution in [1.82, 2.24) is 14.9 Å². The normalized spacial score (nSPS) is 16.3. The summed E-state index contributed by atoms with van der Waals surface area (Å²) in [5.74, 6) is 0.647. The molecule has 1 aliphatic rings. The smallest absolute Gasteiger partial charge is 0.158 e. The van der Waals surface area contributed by atoms with Crippen molar-refractivity contribution in [2.45, 2.75) is 6.04 Å². The van der Waals surface area contributed by atoms with Crippen molar-refractivity contribution in [2.24, 2.45) is 0 Å². The van der Waals surface area contributed by atoms with Crippen LogP contribution in [0.3, 0.4) is 0 Å². The van der Waals surface area contributed by atoms with Crippen molar-refractivity contribution in [2.75, 3.05) is 38.2 Å². The van der Waals surface area contributed by atoms with Gasteiger partial charge in [-0.3, -0.25) is 4.90 Å². The number of aromatic nitrogens is 2. The van der Waals surface area contributed by atoms with E-state index in [1.165, 1.54) is 6.20 Å². The van der Waals surface area contributed by atoms with Crippen molar-refractivity contribution in [3.63, 3.8) is 0 Å². The fourth-order valence-corrected chi connectivity index (χ4v) is 2.94. The maximum absolute atomic E-state index is 8.79. The van der Waals surface area contributed by atoms with Gasteiger partial charge in [-0.2, -0.15) is 5.26 Å². The molecule has 1 aromatic heterocycles. The van der Waals surface area contributed by atoms with E-state index in [0.717, 1.165) is 36.9 Å². The zero-order valence-electron chi connectivity index (χ0n) is 13.2. The minimum atomic E-state index is 0.157. The summed E-state index contributed by atoms with van der Waals surface area (Å²) >= 11 is 6.16. The summed E-state index contributed by atoms with van der Waals surface area (Å²) in [6, 6.07) is 10.0. The van der Waals surface area contributed by atoms with Crippen LogP contribution in [0.1, 0.15) is 17.3 Å². The Kier molecular flexibility index (Phi) is 5.59. The largest absolute Gasteiger partial charge is 0.379 e. The Morgan fingerprint density at radius 2 is 2.12 bits per heavy atom. The second-order valence-corrected chi connectivity index (χ2v) is 5.94. The second kappa shape index (κ2) is 8.06. The Hall–Kier alpha value is -2.20. The van der Waals surface area contributed by atoms with Crippen LogP contribution in [-0.2, 0) is 4.74 Å². The predicted molar refractivity (Wildman–Crippen MR) is 91.8 cm³/mol. The third-order valence-corrected chi connectivity index (χ3v) is 4.20. The second-order valence-electron chi connectivity index (χ2n) is 5.50. The average Bonchev–Trinajstić information content (AvgIpc) is 2.63. The molecule has 0 radical (unpaired) electrons. The molecule has 6 nitrogen and oxygen atoms in total. The summed E-state index contributed by atoms with van der Waals surface area (Å²) < 4.78 is 5.46. The highest BCUT2D eigenvalue weighted by atomic mass is 35.5. The van der Waals surface area contributed by atoms with E-state index in [1.807, 2.05) is 24.3 Å². The number of benzene rings is 1. The Morgan fingerprint density at radius 1 is 1.29 bits per heavy atom. The molecular weight excluding hydrogens is 326 g/mol. The van der Waals surface area contributed by atoms with E-state index in [2.05, 4.69) is 26.3 Å². The zero-order chi connectivity index (χ0) is 16.8. The van der Waals surface area contributed by atoms with Gasteiger partial charge < -0.3 is 10.1 Å². The predicted octanol–water partition coefficient (Wildman–Crippen LogP) is 2.49. The molecule has 0 spiro atoms. The third kappa shape index (κ3) is 4.20. The summed E-state index contributed by atoms with van der Waals surface area (Å²) in [5.41, 5.74) is 1.46. The molecule has 1 saturated heterocycles. The van der Waals surface area contributed by atoms with Crippen LogP contribution in [0.25, 0.3) is 0 Å². The van der Waals surface area contributed by atoms with Crippen molar-refractivity contribution < 1.29 is 4.74 Å². The Labute approximate surface area is 146 Å². The number of halogens is 1. The number of morpholine rings is 1. The number of nitriles is 1. The maximum Gasteiger partial charge on any atom is 0.158 e. The number of ether oxygens (including phenoxy) is 1. The Morgan fingerprint density at radius 3 is 2.79 bits per heavy atom. The molecule has 124 valence electrons. The molecule has 0 saturated carbocycles. The maximum atomic E-state index is 8.79.